The third-order valence-electron chi connectivity index (χ3n) is 13.5. The first-order valence-corrected chi connectivity index (χ1v) is 28.3. The number of aromatic amines is 2. The Bertz CT molecular complexity index is 3920. The number of esters is 2. The molecule has 43 heteroatoms. The first kappa shape index (κ1) is 74.1. The van der Waals surface area contributed by atoms with E-state index >= 15 is 0 Å². The van der Waals surface area contributed by atoms with E-state index in [1.807, 2.05) is 11.8 Å². The third-order valence-corrected chi connectivity index (χ3v) is 15.2. The second kappa shape index (κ2) is 27.8. The molecule has 0 radical (unpaired) electrons. The molecule has 95 heavy (non-hydrogen) atoms. The van der Waals surface area contributed by atoms with E-state index in [2.05, 4.69) is 50.5 Å². The molecule has 22 nitrogen and oxygen atoms in total. The Labute approximate surface area is 520 Å². The van der Waals surface area contributed by atoms with Crippen LogP contribution in [0.5, 0.6) is 11.5 Å². The summed E-state index contributed by atoms with van der Waals surface area (Å²) in [7, 11) is -3.79. The Balaban J connectivity index is 0.000000322. The van der Waals surface area contributed by atoms with Gasteiger partial charge in [0, 0.05) is 35.6 Å². The van der Waals surface area contributed by atoms with Gasteiger partial charge in [0.15, 0.2) is 36.8 Å². The molecule has 1 atom stereocenters. The summed E-state index contributed by atoms with van der Waals surface area (Å²) in [6.07, 6.45) is -7.59. The lowest BCUT2D eigenvalue weighted by molar-refractivity contribution is -0.467. The van der Waals surface area contributed by atoms with Crippen molar-refractivity contribution < 1.29 is 138 Å². The number of carbonyl (C=O) groups is 2. The minimum atomic E-state index is -9.13. The second-order valence-electron chi connectivity index (χ2n) is 19.9. The van der Waals surface area contributed by atoms with Crippen LogP contribution in [0.2, 0.25) is 0 Å². The van der Waals surface area contributed by atoms with Crippen LogP contribution in [-0.4, -0.2) is 184 Å². The summed E-state index contributed by atoms with van der Waals surface area (Å²) in [4.78, 5) is 33.9. The Hall–Kier alpha value is -8.29. The first-order valence-electron chi connectivity index (χ1n) is 26.9. The van der Waals surface area contributed by atoms with Crippen molar-refractivity contribution in [2.24, 2.45) is 0 Å². The number of rotatable bonds is 28. The number of aryl methyl sites for hydroxylation is 2. The van der Waals surface area contributed by atoms with Crippen molar-refractivity contribution in [2.45, 2.75) is 93.0 Å². The van der Waals surface area contributed by atoms with Gasteiger partial charge in [0.05, 0.1) is 36.8 Å². The van der Waals surface area contributed by atoms with Gasteiger partial charge in [-0.1, -0.05) is 19.1 Å². The van der Waals surface area contributed by atoms with E-state index in [-0.39, 0.29) is 65.6 Å². The average molecular weight is 1420 g/mol. The van der Waals surface area contributed by atoms with Gasteiger partial charge in [-0.05, 0) is 87.9 Å². The van der Waals surface area contributed by atoms with Gasteiger partial charge in [-0.15, -0.1) is 14.8 Å². The highest BCUT2D eigenvalue weighted by Crippen LogP contribution is 2.65. The zero-order valence-electron chi connectivity index (χ0n) is 48.7. The van der Waals surface area contributed by atoms with E-state index in [4.69, 9.17) is 23.1 Å². The molecule has 5 heterocycles. The number of carbonyl (C=O) groups excluding carboxylic acids is 2. The maximum absolute atomic E-state index is 14.1. The number of ether oxygens (including phenoxy) is 6. The predicted octanol–water partition coefficient (Wildman–Crippen LogP) is 11.5. The summed E-state index contributed by atoms with van der Waals surface area (Å²) in [5.74, 6) is -73.4. The molecular weight excluding hydrogens is 1370 g/mol. The summed E-state index contributed by atoms with van der Waals surface area (Å²) in [5, 5.41) is 18.8. The molecule has 1 saturated heterocycles. The van der Waals surface area contributed by atoms with E-state index in [0.717, 1.165) is 11.3 Å². The van der Waals surface area contributed by atoms with Gasteiger partial charge in [-0.3, -0.25) is 15.1 Å². The standard InChI is InChI=1S/C32H22F19N5O6.C20H27FN6O5S/c1-3-60-22(57)15-7-9-18(10-8-15)62-19-14(2)54-56-21(19)53-20(55-56)16-5-4-6-17(11-16)52-12-59-13-61-23(58)24(33,34)25(35,36)26(37,38)27(39,40)28(41,42)29(43,44)30(45,46)31(47,48)32(49,50)51;1-3-17(26-8-10-30-11-9-26)33(28,29)32-13-31-12-22-16-6-4-15(5-7-16)19-23-20-18(21)14(2)24-27(20)25-19/h4-11,52,54H,3,12-13H2,1-2H3;4-7,17,22,24H,3,8-13H2,1-2H3. The van der Waals surface area contributed by atoms with Crippen LogP contribution >= 0.6 is 0 Å². The zero-order chi connectivity index (χ0) is 70.7. The number of H-pyrrole nitrogens is 2. The van der Waals surface area contributed by atoms with Gasteiger partial charge in [0.1, 0.15) is 24.6 Å². The maximum Gasteiger partial charge on any atom is 0.460 e. The van der Waals surface area contributed by atoms with Crippen LogP contribution in [0, 0.1) is 19.7 Å². The van der Waals surface area contributed by atoms with Gasteiger partial charge < -0.3 is 39.1 Å². The van der Waals surface area contributed by atoms with Gasteiger partial charge in [-0.25, -0.2) is 28.1 Å². The lowest BCUT2D eigenvalue weighted by Crippen LogP contribution is -2.76. The average Bonchev–Trinajstić information content (AvgIpc) is 1.58. The number of aromatic nitrogens is 8. The lowest BCUT2D eigenvalue weighted by atomic mass is 9.87. The van der Waals surface area contributed by atoms with E-state index in [0.29, 0.717) is 49.9 Å². The Morgan fingerprint density at radius 1 is 0.621 bits per heavy atom. The molecule has 524 valence electrons. The fraction of sp³-hybridized carbons (Fsp3) is 0.462. The van der Waals surface area contributed by atoms with Crippen LogP contribution in [-0.2, 0) is 42.8 Å². The molecule has 7 aromatic rings. The number of nitrogens with zero attached hydrogens (tertiary/aromatic N) is 7. The molecule has 1 aliphatic heterocycles. The molecule has 4 aromatic heterocycles. The molecule has 4 N–H and O–H groups in total. The number of alkyl halides is 19. The van der Waals surface area contributed by atoms with Crippen molar-refractivity contribution in [3.8, 4) is 34.3 Å². The van der Waals surface area contributed by atoms with Gasteiger partial charge in [-0.2, -0.15) is 96.5 Å². The van der Waals surface area contributed by atoms with E-state index in [1.54, 1.807) is 45.0 Å². The largest absolute Gasteiger partial charge is 0.462 e. The van der Waals surface area contributed by atoms with Crippen molar-refractivity contribution >= 4 is 44.7 Å². The number of hydrogen-bond acceptors (Lipinski definition) is 18. The van der Waals surface area contributed by atoms with Crippen LogP contribution in [0.4, 0.5) is 99.2 Å². The van der Waals surface area contributed by atoms with Crippen molar-refractivity contribution in [2.75, 3.05) is 70.6 Å². The molecule has 0 bridgehead atoms. The number of halogens is 20. The normalized spacial score (nSPS) is 14.8. The predicted molar refractivity (Wildman–Crippen MR) is 285 cm³/mol. The van der Waals surface area contributed by atoms with Crippen molar-refractivity contribution in [1.29, 1.82) is 0 Å². The van der Waals surface area contributed by atoms with Crippen LogP contribution < -0.4 is 15.4 Å². The zero-order valence-corrected chi connectivity index (χ0v) is 49.5. The van der Waals surface area contributed by atoms with Gasteiger partial charge >= 0.3 is 65.5 Å². The number of fused-ring (bicyclic) bond motifs is 2. The molecule has 1 unspecified atom stereocenters. The first-order chi connectivity index (χ1) is 44.0. The van der Waals surface area contributed by atoms with Crippen molar-refractivity contribution in [3.05, 3.63) is 95.6 Å². The summed E-state index contributed by atoms with van der Waals surface area (Å²) in [6, 6.07) is 18.4. The minimum absolute atomic E-state index is 0.0252. The maximum atomic E-state index is 14.1. The number of hydrogen-bond donors (Lipinski definition) is 4. The van der Waals surface area contributed by atoms with Crippen LogP contribution in [0.1, 0.15) is 42.0 Å². The monoisotopic (exact) mass is 1420 g/mol. The second-order valence-corrected chi connectivity index (χ2v) is 21.7. The van der Waals surface area contributed by atoms with E-state index < -0.39 is 100 Å². The summed E-state index contributed by atoms with van der Waals surface area (Å²) in [5.41, 5.74) is 3.11. The molecule has 0 saturated carbocycles. The minimum Gasteiger partial charge on any atom is -0.462 e. The van der Waals surface area contributed by atoms with Crippen LogP contribution in [0.3, 0.4) is 0 Å². The van der Waals surface area contributed by atoms with E-state index in [1.165, 1.54) is 57.8 Å². The van der Waals surface area contributed by atoms with E-state index in [9.17, 15) is 106 Å². The van der Waals surface area contributed by atoms with Gasteiger partial charge in [0.25, 0.3) is 10.1 Å². The molecule has 3 aromatic carbocycles. The lowest BCUT2D eigenvalue weighted by Gasteiger charge is -2.43. The molecule has 8 rings (SSSR count). The highest BCUT2D eigenvalue weighted by Gasteiger charge is 2.97. The quantitative estimate of drug-likeness (QED) is 0.0117. The highest BCUT2D eigenvalue weighted by molar-refractivity contribution is 7.87. The Morgan fingerprint density at radius 3 is 1.69 bits per heavy atom. The molecule has 1 aliphatic rings. The fourth-order valence-corrected chi connectivity index (χ4v) is 9.75. The van der Waals surface area contributed by atoms with Crippen LogP contribution in [0.15, 0.2) is 72.8 Å². The molecule has 0 spiro atoms. The third kappa shape index (κ3) is 14.5. The van der Waals surface area contributed by atoms with Crippen molar-refractivity contribution in [3.63, 3.8) is 0 Å². The molecule has 0 amide bonds. The number of nitrogens with one attached hydrogen (secondary N) is 4. The molecule has 0 aliphatic carbocycles. The molecular formula is C52H49F20N11O11S. The SMILES string of the molecule is CCC(N1CCOCC1)S(=O)(=O)OCOCNc1ccc(-c2nc3c(F)c(C)[nH]n3n2)cc1.CCOC(=O)c1ccc(Oc2c(C)[nH]n3nc(-c4cccc(NCOCOC(=O)C(F)(F)C(F)(F)C(F)(F)C(F)(F)C(F)(F)C(F)(F)C(F)(F)C(F)(F)C(F)(F)F)c4)nc23)cc1. The molecule has 1 fully saturated rings. The smallest absolute Gasteiger partial charge is 0.460 e. The summed E-state index contributed by atoms with van der Waals surface area (Å²) < 4.78 is 333. The topological polar surface area (TPSA) is 252 Å². The Morgan fingerprint density at radius 2 is 1.14 bits per heavy atom. The summed E-state index contributed by atoms with van der Waals surface area (Å²) >= 11 is 0. The number of morpholine rings is 1. The van der Waals surface area contributed by atoms with Crippen LogP contribution in [0.25, 0.3) is 34.1 Å². The number of benzene rings is 3. The number of anilines is 2. The fourth-order valence-electron chi connectivity index (χ4n) is 8.40. The van der Waals surface area contributed by atoms with Gasteiger partial charge in [0.2, 0.25) is 11.3 Å². The Kier molecular flexibility index (Phi) is 21.7. The van der Waals surface area contributed by atoms with Crippen molar-refractivity contribution in [1.82, 2.24) is 44.5 Å². The highest BCUT2D eigenvalue weighted by atomic mass is 32.2. The summed E-state index contributed by atoms with van der Waals surface area (Å²) in [6.45, 7) is 5.63.